The van der Waals surface area contributed by atoms with Crippen LogP contribution in [0.4, 0.5) is 4.39 Å². The van der Waals surface area contributed by atoms with Crippen LogP contribution in [-0.2, 0) is 30.7 Å². The molecule has 1 aliphatic heterocycles. The minimum Gasteiger partial charge on any atom is -0.385 e. The number of fused-ring (bicyclic) bond motifs is 2. The lowest BCUT2D eigenvalue weighted by molar-refractivity contribution is -0.125. The molecule has 6 rings (SSSR count). The van der Waals surface area contributed by atoms with E-state index in [2.05, 4.69) is 10.3 Å². The van der Waals surface area contributed by atoms with Gasteiger partial charge in [-0.1, -0.05) is 12.1 Å². The van der Waals surface area contributed by atoms with E-state index < -0.39 is 26.8 Å². The first-order valence-corrected chi connectivity index (χ1v) is 16.6. The molecule has 0 saturated heterocycles. The Morgan fingerprint density at radius 3 is 2.55 bits per heavy atom. The maximum atomic E-state index is 13.8. The van der Waals surface area contributed by atoms with E-state index in [1.807, 2.05) is 35.2 Å². The van der Waals surface area contributed by atoms with Crippen LogP contribution in [0, 0.1) is 5.82 Å². The number of nitrogens with zero attached hydrogens (tertiary/aromatic N) is 2. The Morgan fingerprint density at radius 2 is 1.82 bits per heavy atom. The molecular weight excluding hydrogens is 605 g/mol. The van der Waals surface area contributed by atoms with E-state index in [1.54, 1.807) is 6.07 Å². The van der Waals surface area contributed by atoms with Crippen LogP contribution in [0.2, 0.25) is 0 Å². The molecule has 0 bridgehead atoms. The number of methoxy groups -OCH3 is 1. The summed E-state index contributed by atoms with van der Waals surface area (Å²) >= 11 is 1.07. The molecule has 0 spiro atoms. The van der Waals surface area contributed by atoms with Crippen molar-refractivity contribution in [1.82, 2.24) is 15.2 Å². The number of ether oxygens (including phenoxy) is 1. The second kappa shape index (κ2) is 12.2. The first kappa shape index (κ1) is 30.0. The van der Waals surface area contributed by atoms with Crippen molar-refractivity contribution in [1.29, 1.82) is 0 Å². The zero-order valence-corrected chi connectivity index (χ0v) is 25.5. The summed E-state index contributed by atoms with van der Waals surface area (Å²) in [5, 5.41) is 0.755. The van der Waals surface area contributed by atoms with E-state index in [-0.39, 0.29) is 34.6 Å². The molecule has 44 heavy (non-hydrogen) atoms. The van der Waals surface area contributed by atoms with Gasteiger partial charge in [0.25, 0.3) is 5.91 Å². The lowest BCUT2D eigenvalue weighted by Crippen LogP contribution is -2.37. The van der Waals surface area contributed by atoms with Crippen molar-refractivity contribution in [2.24, 2.45) is 0 Å². The van der Waals surface area contributed by atoms with Crippen LogP contribution in [0.1, 0.15) is 51.9 Å². The average Bonchev–Trinajstić information content (AvgIpc) is 3.68. The topological polar surface area (TPSA) is 123 Å². The predicted octanol–water partition coefficient (Wildman–Crippen LogP) is 4.85. The van der Waals surface area contributed by atoms with E-state index in [9.17, 15) is 27.2 Å². The molecule has 2 aliphatic rings. The van der Waals surface area contributed by atoms with Crippen molar-refractivity contribution in [3.63, 3.8) is 0 Å². The number of nitrogens with one attached hydrogen (secondary N) is 1. The second-order valence-corrected chi connectivity index (χ2v) is 14.1. The number of Topliss-reactive ketones (excluding diaryl/α,β-unsaturated/α-hetero) is 1. The number of amides is 2. The molecule has 1 atom stereocenters. The van der Waals surface area contributed by atoms with E-state index in [0.717, 1.165) is 70.7 Å². The van der Waals surface area contributed by atoms with Gasteiger partial charge in [0.1, 0.15) is 10.8 Å². The molecule has 1 saturated carbocycles. The van der Waals surface area contributed by atoms with E-state index in [4.69, 9.17) is 4.74 Å². The molecule has 1 N–H and O–H groups in total. The van der Waals surface area contributed by atoms with Crippen LogP contribution < -0.4 is 5.32 Å². The third-order valence-electron chi connectivity index (χ3n) is 7.84. The summed E-state index contributed by atoms with van der Waals surface area (Å²) in [4.78, 5) is 44.7. The highest BCUT2D eigenvalue weighted by atomic mass is 32.2. The Balaban J connectivity index is 1.30. The van der Waals surface area contributed by atoms with Crippen molar-refractivity contribution in [3.8, 4) is 11.1 Å². The molecule has 0 radical (unpaired) electrons. The van der Waals surface area contributed by atoms with Gasteiger partial charge in [0.05, 0.1) is 21.7 Å². The van der Waals surface area contributed by atoms with Gasteiger partial charge < -0.3 is 15.0 Å². The van der Waals surface area contributed by atoms with Crippen LogP contribution in [0.3, 0.4) is 0 Å². The van der Waals surface area contributed by atoms with Crippen molar-refractivity contribution >= 4 is 49.0 Å². The number of sulfone groups is 1. The van der Waals surface area contributed by atoms with Gasteiger partial charge >= 0.3 is 0 Å². The van der Waals surface area contributed by atoms with Crippen LogP contribution >= 0.6 is 11.3 Å². The Hall–Kier alpha value is -4.00. The van der Waals surface area contributed by atoms with Crippen molar-refractivity contribution in [2.75, 3.05) is 20.3 Å². The maximum Gasteiger partial charge on any atom is 0.254 e. The smallest absolute Gasteiger partial charge is 0.254 e. The van der Waals surface area contributed by atoms with Crippen LogP contribution in [0.15, 0.2) is 65.6 Å². The van der Waals surface area contributed by atoms with Crippen LogP contribution in [0.5, 0.6) is 0 Å². The van der Waals surface area contributed by atoms with Crippen molar-refractivity contribution in [2.45, 2.75) is 48.4 Å². The standard InChI is InChI=1S/C32H30FN3O6S2/c1-42-14-2-3-24(37)17-34-30(38)29(44(40,41)25-10-6-22(33)7-11-25)31-35-27-13-5-20(16-28(27)43-31)19-4-12-26-21(15-19)18-36(32(26)39)23-8-9-23/h4-7,10-13,15-16,23,29H,2-3,8-9,14,17-18H2,1H3,(H,34,38). The van der Waals surface area contributed by atoms with Gasteiger partial charge in [-0.3, -0.25) is 14.4 Å². The second-order valence-electron chi connectivity index (χ2n) is 11.0. The van der Waals surface area contributed by atoms with E-state index >= 15 is 0 Å². The number of carbonyl (C=O) groups is 3. The van der Waals surface area contributed by atoms with Gasteiger partial charge in [0, 0.05) is 38.3 Å². The number of halogens is 1. The fourth-order valence-electron chi connectivity index (χ4n) is 5.36. The first-order chi connectivity index (χ1) is 21.2. The third-order valence-corrected chi connectivity index (χ3v) is 11.1. The minimum atomic E-state index is -4.37. The van der Waals surface area contributed by atoms with Gasteiger partial charge in [0.15, 0.2) is 20.9 Å². The summed E-state index contributed by atoms with van der Waals surface area (Å²) in [6, 6.07) is 15.8. The summed E-state index contributed by atoms with van der Waals surface area (Å²) in [5.41, 5.74) is 3.97. The lowest BCUT2D eigenvalue weighted by atomic mass is 10.0. The van der Waals surface area contributed by atoms with E-state index in [0.29, 0.717) is 35.8 Å². The first-order valence-electron chi connectivity index (χ1n) is 14.3. The highest BCUT2D eigenvalue weighted by Crippen LogP contribution is 2.38. The number of hydrogen-bond donors (Lipinski definition) is 1. The zero-order chi connectivity index (χ0) is 31.0. The highest BCUT2D eigenvalue weighted by Gasteiger charge is 2.39. The molecule has 228 valence electrons. The average molecular weight is 636 g/mol. The van der Waals surface area contributed by atoms with Crippen LogP contribution in [0.25, 0.3) is 21.3 Å². The van der Waals surface area contributed by atoms with Gasteiger partial charge in [0.2, 0.25) is 5.91 Å². The quantitative estimate of drug-likeness (QED) is 0.175. The summed E-state index contributed by atoms with van der Waals surface area (Å²) in [6.07, 6.45) is 2.72. The Kier molecular flexibility index (Phi) is 8.32. The summed E-state index contributed by atoms with van der Waals surface area (Å²) in [6.45, 7) is 0.635. The fourth-order valence-corrected chi connectivity index (χ4v) is 8.35. The molecule has 1 fully saturated rings. The lowest BCUT2D eigenvalue weighted by Gasteiger charge is -2.15. The number of hydrogen-bond acceptors (Lipinski definition) is 8. The highest BCUT2D eigenvalue weighted by molar-refractivity contribution is 7.92. The molecular formula is C32H30FN3O6S2. The molecule has 2 heterocycles. The molecule has 1 aromatic heterocycles. The summed E-state index contributed by atoms with van der Waals surface area (Å²) in [7, 11) is -2.84. The number of rotatable bonds is 12. The molecule has 4 aromatic rings. The van der Waals surface area contributed by atoms with Gasteiger partial charge in [-0.15, -0.1) is 11.3 Å². The molecule has 1 unspecified atom stereocenters. The zero-order valence-electron chi connectivity index (χ0n) is 23.9. The van der Waals surface area contributed by atoms with Crippen molar-refractivity contribution in [3.05, 3.63) is 82.6 Å². The molecule has 2 amide bonds. The monoisotopic (exact) mass is 635 g/mol. The molecule has 12 heteroatoms. The minimum absolute atomic E-state index is 0.0328. The number of benzene rings is 3. The van der Waals surface area contributed by atoms with Crippen LogP contribution in [-0.4, -0.2) is 62.2 Å². The van der Waals surface area contributed by atoms with Gasteiger partial charge in [-0.25, -0.2) is 17.8 Å². The molecule has 9 nitrogen and oxygen atoms in total. The Morgan fingerprint density at radius 1 is 1.09 bits per heavy atom. The Bertz CT molecular complexity index is 1870. The van der Waals surface area contributed by atoms with E-state index in [1.165, 1.54) is 7.11 Å². The number of aromatic nitrogens is 1. The summed E-state index contributed by atoms with van der Waals surface area (Å²) < 4.78 is 46.8. The number of carbonyl (C=O) groups excluding carboxylic acids is 3. The number of thiazole rings is 1. The van der Waals surface area contributed by atoms with Gasteiger partial charge in [-0.05, 0) is 84.5 Å². The SMILES string of the molecule is COCCCC(=O)CNC(=O)C(c1nc2ccc(-c3ccc4c(c3)CN(C3CC3)C4=O)cc2s1)S(=O)(=O)c1ccc(F)cc1. The normalized spacial score (nSPS) is 15.4. The Labute approximate surface area is 258 Å². The van der Waals surface area contributed by atoms with Crippen molar-refractivity contribution < 1.29 is 31.9 Å². The van der Waals surface area contributed by atoms with Gasteiger partial charge in [-0.2, -0.15) is 0 Å². The maximum absolute atomic E-state index is 13.8. The largest absolute Gasteiger partial charge is 0.385 e. The summed E-state index contributed by atoms with van der Waals surface area (Å²) in [5.74, 6) is -1.70. The fraction of sp³-hybridized carbons (Fsp3) is 0.312. The third kappa shape index (κ3) is 6.01. The predicted molar refractivity (Wildman–Crippen MR) is 163 cm³/mol. The molecule has 3 aromatic carbocycles. The molecule has 1 aliphatic carbocycles. The number of ketones is 1.